The minimum absolute atomic E-state index is 0. The van der Waals surface area contributed by atoms with E-state index in [-0.39, 0.29) is 12.4 Å². The normalized spacial score (nSPS) is 17.1. The molecule has 0 aromatic heterocycles. The molecule has 5 heteroatoms. The van der Waals surface area contributed by atoms with E-state index >= 15 is 0 Å². The minimum atomic E-state index is -0.455. The fourth-order valence-electron chi connectivity index (χ4n) is 1.63. The molecule has 0 fully saturated rings. The number of amidine groups is 1. The highest BCUT2D eigenvalue weighted by Crippen LogP contribution is 2.15. The molecule has 1 atom stereocenters. The molecule has 1 aliphatic rings. The van der Waals surface area contributed by atoms with Crippen LogP contribution >= 0.6 is 11.8 Å². The van der Waals surface area contributed by atoms with Crippen LogP contribution in [-0.2, 0) is 0 Å². The molecule has 1 aromatic carbocycles. The molecule has 1 aromatic rings. The Kier molecular flexibility index (Phi) is 5.12. The summed E-state index contributed by atoms with van der Waals surface area (Å²) in [4.78, 5) is 0. The van der Waals surface area contributed by atoms with Gasteiger partial charge in [-0.1, -0.05) is 30.3 Å². The summed E-state index contributed by atoms with van der Waals surface area (Å²) in [6, 6.07) is 9.69. The van der Waals surface area contributed by atoms with E-state index < -0.39 is 6.10 Å². The lowest BCUT2D eigenvalue weighted by molar-refractivity contribution is -0.528. The van der Waals surface area contributed by atoms with Gasteiger partial charge in [-0.2, -0.15) is 0 Å². The number of rotatable bonds is 3. The van der Waals surface area contributed by atoms with Gasteiger partial charge < -0.3 is 17.5 Å². The first-order valence-electron chi connectivity index (χ1n) is 5.00. The molecule has 3 N–H and O–H groups in total. The lowest BCUT2D eigenvalue weighted by atomic mass is 10.1. The summed E-state index contributed by atoms with van der Waals surface area (Å²) in [5, 5.41) is 10.8. The highest BCUT2D eigenvalue weighted by atomic mass is 35.5. The first-order chi connectivity index (χ1) is 7.27. The molecule has 3 nitrogen and oxygen atoms in total. The predicted molar refractivity (Wildman–Crippen MR) is 63.0 cm³/mol. The van der Waals surface area contributed by atoms with Gasteiger partial charge in [-0.25, -0.2) is 0 Å². The molecule has 0 saturated heterocycles. The van der Waals surface area contributed by atoms with Crippen molar-refractivity contribution in [2.45, 2.75) is 6.10 Å². The Hall–Kier alpha value is -0.710. The second kappa shape index (κ2) is 6.13. The van der Waals surface area contributed by atoms with Crippen LogP contribution in [-0.4, -0.2) is 33.7 Å². The number of thioether (sulfide) groups is 1. The molecule has 0 spiro atoms. The highest BCUT2D eigenvalue weighted by Gasteiger charge is 2.20. The van der Waals surface area contributed by atoms with E-state index in [9.17, 15) is 5.11 Å². The largest absolute Gasteiger partial charge is 1.00 e. The van der Waals surface area contributed by atoms with Crippen molar-refractivity contribution in [3.05, 3.63) is 35.9 Å². The van der Waals surface area contributed by atoms with Crippen molar-refractivity contribution in [2.75, 3.05) is 18.8 Å². The van der Waals surface area contributed by atoms with Crippen molar-refractivity contribution < 1.29 is 22.1 Å². The van der Waals surface area contributed by atoms with Crippen molar-refractivity contribution in [3.63, 3.8) is 0 Å². The molecule has 1 aliphatic heterocycles. The molecule has 88 valence electrons. The van der Waals surface area contributed by atoms with Crippen LogP contribution in [0.15, 0.2) is 30.3 Å². The van der Waals surface area contributed by atoms with Crippen LogP contribution in [0.5, 0.6) is 0 Å². The maximum Gasteiger partial charge on any atom is 0.304 e. The number of aliphatic hydroxyl groups excluding tert-OH is 1. The van der Waals surface area contributed by atoms with Crippen molar-refractivity contribution >= 4 is 16.9 Å². The Morgan fingerprint density at radius 1 is 1.38 bits per heavy atom. The molecule has 1 heterocycles. The fraction of sp³-hybridized carbons (Fsp3) is 0.364. The van der Waals surface area contributed by atoms with Crippen LogP contribution < -0.4 is 18.1 Å². The monoisotopic (exact) mass is 258 g/mol. The van der Waals surface area contributed by atoms with Gasteiger partial charge in [-0.3, -0.25) is 10.3 Å². The number of aliphatic hydroxyl groups is 1. The van der Waals surface area contributed by atoms with Gasteiger partial charge in [0.15, 0.2) is 0 Å². The van der Waals surface area contributed by atoms with Crippen LogP contribution in [0.3, 0.4) is 0 Å². The molecule has 0 aliphatic carbocycles. The zero-order valence-corrected chi connectivity index (χ0v) is 10.4. The number of halogens is 1. The lowest BCUT2D eigenvalue weighted by Crippen LogP contribution is -3.00. The van der Waals surface area contributed by atoms with E-state index in [0.29, 0.717) is 6.54 Å². The molecule has 0 bridgehead atoms. The summed E-state index contributed by atoms with van der Waals surface area (Å²) in [6.45, 7) is 1.52. The molecular weight excluding hydrogens is 244 g/mol. The van der Waals surface area contributed by atoms with Crippen molar-refractivity contribution in [2.24, 2.45) is 5.73 Å². The van der Waals surface area contributed by atoms with Crippen LogP contribution in [0, 0.1) is 0 Å². The summed E-state index contributed by atoms with van der Waals surface area (Å²) in [6.07, 6.45) is -0.455. The standard InChI is InChI=1S/C11H14N2OS.ClH/c12-11-13(6-7-15-11)8-10(14)9-4-2-1-3-5-9;/h1-5,10,12,14H,6-8H2;1H. The van der Waals surface area contributed by atoms with Crippen LogP contribution in [0.1, 0.15) is 11.7 Å². The third-order valence-electron chi connectivity index (χ3n) is 2.50. The molecule has 2 rings (SSSR count). The van der Waals surface area contributed by atoms with Gasteiger partial charge >= 0.3 is 5.17 Å². The number of hydrogen-bond donors (Lipinski definition) is 2. The average molecular weight is 259 g/mol. The van der Waals surface area contributed by atoms with Gasteiger partial charge in [0.25, 0.3) is 0 Å². The van der Waals surface area contributed by atoms with E-state index in [1.54, 1.807) is 11.8 Å². The summed E-state index contributed by atoms with van der Waals surface area (Å²) < 4.78 is 2.03. The third-order valence-corrected chi connectivity index (χ3v) is 3.44. The van der Waals surface area contributed by atoms with Crippen molar-refractivity contribution in [1.82, 2.24) is 0 Å². The number of hydrogen-bond acceptors (Lipinski definition) is 3. The zero-order valence-electron chi connectivity index (χ0n) is 8.84. The quantitative estimate of drug-likeness (QED) is 0.605. The van der Waals surface area contributed by atoms with E-state index in [1.807, 2.05) is 34.9 Å². The second-order valence-electron chi connectivity index (χ2n) is 3.56. The number of β-amino-alcohol motifs (C(OH)–C–C–N with tert-alkyl or cyclic N) is 1. The maximum absolute atomic E-state index is 9.98. The Labute approximate surface area is 106 Å². The number of nitrogens with zero attached hydrogens (tertiary/aromatic N) is 1. The maximum atomic E-state index is 9.98. The number of benzene rings is 1. The van der Waals surface area contributed by atoms with Crippen LogP contribution in [0.25, 0.3) is 0 Å². The summed E-state index contributed by atoms with van der Waals surface area (Å²) in [5.74, 6) is 1.02. The van der Waals surface area contributed by atoms with Gasteiger partial charge in [-0.15, -0.1) is 0 Å². The van der Waals surface area contributed by atoms with Gasteiger partial charge in [-0.05, 0) is 17.3 Å². The van der Waals surface area contributed by atoms with Gasteiger partial charge in [0.1, 0.15) is 12.6 Å². The molecule has 0 amide bonds. The van der Waals surface area contributed by atoms with E-state index in [4.69, 9.17) is 5.73 Å². The van der Waals surface area contributed by atoms with Gasteiger partial charge in [0.05, 0.1) is 6.54 Å². The Balaban J connectivity index is 0.00000128. The fourth-order valence-corrected chi connectivity index (χ4v) is 2.50. The van der Waals surface area contributed by atoms with Crippen molar-refractivity contribution in [1.29, 1.82) is 0 Å². The lowest BCUT2D eigenvalue weighted by Gasteiger charge is -2.10. The molecular formula is C11H15ClN2OS. The molecule has 0 saturated carbocycles. The Bertz CT molecular complexity index is 370. The topological polar surface area (TPSA) is 49.3 Å². The van der Waals surface area contributed by atoms with Gasteiger partial charge in [0.2, 0.25) is 0 Å². The third kappa shape index (κ3) is 3.14. The SMILES string of the molecule is NC1=[N+](CC(O)c2ccccc2)CCS1.[Cl-]. The van der Waals surface area contributed by atoms with Crippen LogP contribution in [0.4, 0.5) is 0 Å². The average Bonchev–Trinajstić information content (AvgIpc) is 2.66. The van der Waals surface area contributed by atoms with Crippen LogP contribution in [0.2, 0.25) is 0 Å². The first kappa shape index (κ1) is 13.4. The van der Waals surface area contributed by atoms with E-state index in [1.165, 1.54) is 0 Å². The summed E-state index contributed by atoms with van der Waals surface area (Å²) >= 11 is 1.65. The minimum Gasteiger partial charge on any atom is -1.00 e. The first-order valence-corrected chi connectivity index (χ1v) is 5.99. The van der Waals surface area contributed by atoms with E-state index in [0.717, 1.165) is 23.0 Å². The smallest absolute Gasteiger partial charge is 0.304 e. The Morgan fingerprint density at radius 3 is 2.62 bits per heavy atom. The number of nitrogens with two attached hydrogens (primary N) is 1. The van der Waals surface area contributed by atoms with Crippen molar-refractivity contribution in [3.8, 4) is 0 Å². The summed E-state index contributed by atoms with van der Waals surface area (Å²) in [7, 11) is 0. The zero-order chi connectivity index (χ0) is 10.7. The second-order valence-corrected chi connectivity index (χ2v) is 4.67. The Morgan fingerprint density at radius 2 is 2.06 bits per heavy atom. The highest BCUT2D eigenvalue weighted by molar-refractivity contribution is 8.13. The summed E-state index contributed by atoms with van der Waals surface area (Å²) in [5.41, 5.74) is 6.75. The molecule has 1 unspecified atom stereocenters. The van der Waals surface area contributed by atoms with Gasteiger partial charge in [0, 0.05) is 5.75 Å². The molecule has 0 radical (unpaired) electrons. The molecule has 16 heavy (non-hydrogen) atoms. The predicted octanol–water partition coefficient (Wildman–Crippen LogP) is -2.20. The van der Waals surface area contributed by atoms with E-state index in [2.05, 4.69) is 0 Å².